The first-order valence-corrected chi connectivity index (χ1v) is 10.2. The van der Waals surface area contributed by atoms with Crippen LogP contribution in [0.4, 0.5) is 0 Å². The van der Waals surface area contributed by atoms with Crippen molar-refractivity contribution < 1.29 is 0 Å². The second-order valence-corrected chi connectivity index (χ2v) is 9.12. The predicted molar refractivity (Wildman–Crippen MR) is 93.4 cm³/mol. The lowest BCUT2D eigenvalue weighted by Gasteiger charge is -2.34. The monoisotopic (exact) mass is 330 g/mol. The second kappa shape index (κ2) is 5.17. The van der Waals surface area contributed by atoms with E-state index in [1.165, 1.54) is 43.8 Å². The Labute approximate surface area is 140 Å². The zero-order chi connectivity index (χ0) is 14.6. The number of rotatable bonds is 3. The minimum absolute atomic E-state index is 0.492. The maximum Gasteiger partial charge on any atom is 0.0451 e. The number of likely N-dealkylation sites (tertiary alicyclic amines) is 1. The summed E-state index contributed by atoms with van der Waals surface area (Å²) in [5, 5.41) is 4.45. The van der Waals surface area contributed by atoms with E-state index in [0.717, 1.165) is 12.5 Å². The first kappa shape index (κ1) is 13.7. The largest absolute Gasteiger partial charge is 0.296 e. The molecule has 5 heterocycles. The van der Waals surface area contributed by atoms with E-state index in [9.17, 15) is 0 Å². The summed E-state index contributed by atoms with van der Waals surface area (Å²) < 4.78 is 0. The zero-order valence-electron chi connectivity index (χ0n) is 12.8. The maximum atomic E-state index is 2.89. The summed E-state index contributed by atoms with van der Waals surface area (Å²) in [5.74, 6) is 0.877. The fourth-order valence-corrected chi connectivity index (χ4v) is 6.84. The molecule has 3 aliphatic rings. The summed E-state index contributed by atoms with van der Waals surface area (Å²) in [6.07, 6.45) is 4.19. The first-order chi connectivity index (χ1) is 10.9. The van der Waals surface area contributed by atoms with Gasteiger partial charge in [-0.1, -0.05) is 12.1 Å². The van der Waals surface area contributed by atoms with Gasteiger partial charge in [-0.2, -0.15) is 0 Å². The Hall–Kier alpha value is -0.680. The summed E-state index contributed by atoms with van der Waals surface area (Å²) in [5.41, 5.74) is 0.492. The molecule has 0 aliphatic carbocycles. The Kier molecular flexibility index (Phi) is 3.22. The first-order valence-electron chi connectivity index (χ1n) is 8.40. The lowest BCUT2D eigenvalue weighted by Crippen LogP contribution is -2.45. The van der Waals surface area contributed by atoms with Crippen molar-refractivity contribution in [1.82, 2.24) is 9.80 Å². The van der Waals surface area contributed by atoms with Crippen molar-refractivity contribution in [1.29, 1.82) is 0 Å². The van der Waals surface area contributed by atoms with E-state index in [0.29, 0.717) is 11.6 Å². The van der Waals surface area contributed by atoms with Crippen LogP contribution in [-0.4, -0.2) is 35.0 Å². The molecule has 2 nitrogen and oxygen atoms in total. The highest BCUT2D eigenvalue weighted by Crippen LogP contribution is 2.56. The topological polar surface area (TPSA) is 6.48 Å². The summed E-state index contributed by atoms with van der Waals surface area (Å²) in [4.78, 5) is 8.73. The molecule has 1 spiro atoms. The highest BCUT2D eigenvalue weighted by molar-refractivity contribution is 7.10. The molecule has 3 aliphatic heterocycles. The molecule has 0 N–H and O–H groups in total. The van der Waals surface area contributed by atoms with Crippen LogP contribution in [-0.2, 0) is 6.54 Å². The second-order valence-electron chi connectivity index (χ2n) is 7.11. The van der Waals surface area contributed by atoms with Crippen molar-refractivity contribution in [3.63, 3.8) is 0 Å². The number of hydrogen-bond donors (Lipinski definition) is 0. The van der Waals surface area contributed by atoms with Gasteiger partial charge in [-0.05, 0) is 54.6 Å². The molecular formula is C18H22N2S2. The fraction of sp³-hybridized carbons (Fsp3) is 0.556. The van der Waals surface area contributed by atoms with Crippen molar-refractivity contribution in [3.8, 4) is 0 Å². The molecular weight excluding hydrogens is 308 g/mol. The highest BCUT2D eigenvalue weighted by atomic mass is 32.1. The van der Waals surface area contributed by atoms with Gasteiger partial charge in [0, 0.05) is 41.0 Å². The van der Waals surface area contributed by atoms with Crippen LogP contribution < -0.4 is 0 Å². The number of hydrogen-bond acceptors (Lipinski definition) is 4. The van der Waals surface area contributed by atoms with Crippen molar-refractivity contribution >= 4 is 22.7 Å². The predicted octanol–water partition coefficient (Wildman–Crippen LogP) is 4.22. The van der Waals surface area contributed by atoms with Crippen LogP contribution in [0.5, 0.6) is 0 Å². The third-order valence-corrected chi connectivity index (χ3v) is 7.87. The summed E-state index contributed by atoms with van der Waals surface area (Å²) in [7, 11) is 0. The zero-order valence-corrected chi connectivity index (χ0v) is 14.4. The van der Waals surface area contributed by atoms with Crippen molar-refractivity contribution in [2.24, 2.45) is 5.92 Å². The Balaban J connectivity index is 1.39. The van der Waals surface area contributed by atoms with Crippen molar-refractivity contribution in [2.45, 2.75) is 37.4 Å². The van der Waals surface area contributed by atoms with Gasteiger partial charge in [-0.25, -0.2) is 0 Å². The summed E-state index contributed by atoms with van der Waals surface area (Å²) in [6.45, 7) is 5.06. The van der Waals surface area contributed by atoms with Crippen molar-refractivity contribution in [2.75, 3.05) is 19.6 Å². The van der Waals surface area contributed by atoms with Gasteiger partial charge < -0.3 is 0 Å². The number of nitrogens with zero attached hydrogens (tertiary/aromatic N) is 2. The van der Waals surface area contributed by atoms with Gasteiger partial charge in [0.25, 0.3) is 0 Å². The smallest absolute Gasteiger partial charge is 0.0451 e. The number of thiophene rings is 2. The molecule has 2 aromatic rings. The van der Waals surface area contributed by atoms with Crippen LogP contribution in [0.3, 0.4) is 0 Å². The normalized spacial score (nSPS) is 35.1. The summed E-state index contributed by atoms with van der Waals surface area (Å²) >= 11 is 3.86. The van der Waals surface area contributed by atoms with Crippen molar-refractivity contribution in [3.05, 3.63) is 44.8 Å². The van der Waals surface area contributed by atoms with Crippen LogP contribution in [0.1, 0.15) is 35.1 Å². The Morgan fingerprint density at radius 1 is 1.18 bits per heavy atom. The third kappa shape index (κ3) is 1.97. The Morgan fingerprint density at radius 2 is 2.09 bits per heavy atom. The molecule has 116 valence electrons. The Morgan fingerprint density at radius 3 is 2.91 bits per heavy atom. The molecule has 5 rings (SSSR count). The molecule has 3 saturated heterocycles. The average Bonchev–Trinajstić information content (AvgIpc) is 3.25. The van der Waals surface area contributed by atoms with E-state index in [-0.39, 0.29) is 0 Å². The van der Waals surface area contributed by atoms with Crippen LogP contribution >= 0.6 is 22.7 Å². The van der Waals surface area contributed by atoms with Crippen LogP contribution in [0.25, 0.3) is 0 Å². The molecule has 0 radical (unpaired) electrons. The van der Waals surface area contributed by atoms with Crippen LogP contribution in [0.2, 0.25) is 0 Å². The van der Waals surface area contributed by atoms with E-state index in [4.69, 9.17) is 0 Å². The molecule has 3 fully saturated rings. The van der Waals surface area contributed by atoms with E-state index in [2.05, 4.69) is 44.8 Å². The molecule has 3 atom stereocenters. The van der Waals surface area contributed by atoms with Gasteiger partial charge in [-0.15, -0.1) is 22.7 Å². The van der Waals surface area contributed by atoms with Gasteiger partial charge in [0.2, 0.25) is 0 Å². The van der Waals surface area contributed by atoms with Crippen LogP contribution in [0, 0.1) is 5.92 Å². The fourth-order valence-electron chi connectivity index (χ4n) is 5.24. The molecule has 22 heavy (non-hydrogen) atoms. The SMILES string of the molecule is c1csc(CN2C[C@@H]3C[C@@H](c4cccs4)N4CCC[C@@]34C2)c1. The molecule has 0 saturated carbocycles. The molecule has 4 heteroatoms. The Bertz CT molecular complexity index is 636. The summed E-state index contributed by atoms with van der Waals surface area (Å²) in [6, 6.07) is 9.75. The minimum Gasteiger partial charge on any atom is -0.296 e. The molecule has 0 unspecified atom stereocenters. The van der Waals surface area contributed by atoms with Gasteiger partial charge in [0.05, 0.1) is 0 Å². The molecule has 2 aromatic heterocycles. The standard InChI is InChI=1S/C18H22N2S2/c1-4-15(21-8-1)12-19-11-14-10-16(17-5-2-9-22-17)20-7-3-6-18(14,20)13-19/h1-2,4-5,8-9,14,16H,3,6-7,10-13H2/t14-,16-,18+/m0/s1. The van der Waals surface area contributed by atoms with Gasteiger partial charge in [-0.3, -0.25) is 9.80 Å². The van der Waals surface area contributed by atoms with E-state index >= 15 is 0 Å². The van der Waals surface area contributed by atoms with E-state index < -0.39 is 0 Å². The van der Waals surface area contributed by atoms with E-state index in [1.54, 1.807) is 4.88 Å². The lowest BCUT2D eigenvalue weighted by atomic mass is 9.86. The maximum absolute atomic E-state index is 2.89. The minimum atomic E-state index is 0.492. The third-order valence-electron chi connectivity index (χ3n) is 6.03. The molecule has 0 amide bonds. The van der Waals surface area contributed by atoms with Gasteiger partial charge in [0.15, 0.2) is 0 Å². The molecule has 0 bridgehead atoms. The quantitative estimate of drug-likeness (QED) is 0.831. The van der Waals surface area contributed by atoms with Gasteiger partial charge in [0.1, 0.15) is 0 Å². The highest BCUT2D eigenvalue weighted by Gasteiger charge is 2.59. The van der Waals surface area contributed by atoms with Crippen LogP contribution in [0.15, 0.2) is 35.0 Å². The average molecular weight is 331 g/mol. The molecule has 0 aromatic carbocycles. The lowest BCUT2D eigenvalue weighted by molar-refractivity contribution is 0.133. The van der Waals surface area contributed by atoms with E-state index in [1.807, 2.05) is 22.7 Å². The van der Waals surface area contributed by atoms with Gasteiger partial charge >= 0.3 is 0 Å².